The number of carbonyl (C=O) groups is 1. The van der Waals surface area contributed by atoms with Crippen LogP contribution in [-0.4, -0.2) is 45.9 Å². The highest BCUT2D eigenvalue weighted by molar-refractivity contribution is 7.89. The molecule has 11 heteroatoms. The minimum atomic E-state index is -3.94. The van der Waals surface area contributed by atoms with Gasteiger partial charge in [0.1, 0.15) is 0 Å². The molecule has 3 rings (SSSR count). The third kappa shape index (κ3) is 4.84. The van der Waals surface area contributed by atoms with Crippen molar-refractivity contribution >= 4 is 16.0 Å². The number of rotatable bonds is 8. The highest BCUT2D eigenvalue weighted by atomic mass is 32.2. The SMILES string of the molecule is COC(=O)c1cc(S(=O)(=O)NCc2nc(-c3ccc(OC)c(OC)c3)no2)ccc1C. The molecule has 0 aliphatic rings. The van der Waals surface area contributed by atoms with E-state index in [1.807, 2.05) is 0 Å². The number of sulfonamides is 1. The van der Waals surface area contributed by atoms with Gasteiger partial charge in [0.05, 0.1) is 38.3 Å². The number of hydrogen-bond donors (Lipinski definition) is 1. The summed E-state index contributed by atoms with van der Waals surface area (Å²) in [7, 11) is 0.327. The molecule has 10 nitrogen and oxygen atoms in total. The number of esters is 1. The van der Waals surface area contributed by atoms with Crippen LogP contribution in [0.1, 0.15) is 21.8 Å². The van der Waals surface area contributed by atoms with E-state index in [1.54, 1.807) is 25.1 Å². The second-order valence-corrected chi connectivity index (χ2v) is 8.14. The zero-order chi connectivity index (χ0) is 22.6. The van der Waals surface area contributed by atoms with Gasteiger partial charge in [-0.15, -0.1) is 0 Å². The molecule has 0 bridgehead atoms. The quantitative estimate of drug-likeness (QED) is 0.517. The molecule has 1 heterocycles. The van der Waals surface area contributed by atoms with Crippen LogP contribution in [0.4, 0.5) is 0 Å². The molecule has 1 N–H and O–H groups in total. The third-order valence-electron chi connectivity index (χ3n) is 4.45. The van der Waals surface area contributed by atoms with Gasteiger partial charge in [0, 0.05) is 5.56 Å². The van der Waals surface area contributed by atoms with Crippen LogP contribution in [-0.2, 0) is 21.3 Å². The van der Waals surface area contributed by atoms with Gasteiger partial charge in [-0.1, -0.05) is 11.2 Å². The number of ether oxygens (including phenoxy) is 3. The van der Waals surface area contributed by atoms with Crippen LogP contribution < -0.4 is 14.2 Å². The average Bonchev–Trinajstić information content (AvgIpc) is 3.26. The Morgan fingerprint density at radius 3 is 2.48 bits per heavy atom. The summed E-state index contributed by atoms with van der Waals surface area (Å²) in [5, 5.41) is 3.87. The zero-order valence-corrected chi connectivity index (χ0v) is 18.1. The van der Waals surface area contributed by atoms with Crippen LogP contribution in [0.5, 0.6) is 11.5 Å². The van der Waals surface area contributed by atoms with Crippen molar-refractivity contribution in [2.45, 2.75) is 18.4 Å². The fraction of sp³-hybridized carbons (Fsp3) is 0.250. The van der Waals surface area contributed by atoms with E-state index in [-0.39, 0.29) is 28.7 Å². The van der Waals surface area contributed by atoms with Crippen molar-refractivity contribution in [1.82, 2.24) is 14.9 Å². The summed E-state index contributed by atoms with van der Waals surface area (Å²) in [5.41, 5.74) is 1.37. The number of hydrogen-bond acceptors (Lipinski definition) is 9. The summed E-state index contributed by atoms with van der Waals surface area (Å²) in [6.45, 7) is 1.45. The smallest absolute Gasteiger partial charge is 0.338 e. The van der Waals surface area contributed by atoms with E-state index in [0.717, 1.165) is 0 Å². The Morgan fingerprint density at radius 2 is 1.81 bits per heavy atom. The maximum Gasteiger partial charge on any atom is 0.338 e. The van der Waals surface area contributed by atoms with E-state index in [1.165, 1.54) is 39.5 Å². The normalized spacial score (nSPS) is 11.2. The highest BCUT2D eigenvalue weighted by Crippen LogP contribution is 2.31. The predicted octanol–water partition coefficient (Wildman–Crippen LogP) is 2.33. The Bertz CT molecular complexity index is 1210. The minimum absolute atomic E-state index is 0.0636. The highest BCUT2D eigenvalue weighted by Gasteiger charge is 2.20. The van der Waals surface area contributed by atoms with E-state index in [0.29, 0.717) is 22.6 Å². The van der Waals surface area contributed by atoms with Gasteiger partial charge in [0.2, 0.25) is 21.7 Å². The molecule has 0 radical (unpaired) electrons. The number of methoxy groups -OCH3 is 3. The first kappa shape index (κ1) is 22.2. The van der Waals surface area contributed by atoms with Crippen molar-refractivity contribution < 1.29 is 31.9 Å². The van der Waals surface area contributed by atoms with Gasteiger partial charge in [0.25, 0.3) is 0 Å². The molecule has 0 atom stereocenters. The van der Waals surface area contributed by atoms with Crippen LogP contribution in [0.15, 0.2) is 45.8 Å². The summed E-state index contributed by atoms with van der Waals surface area (Å²) in [6.07, 6.45) is 0. The molecule has 0 amide bonds. The van der Waals surface area contributed by atoms with Crippen LogP contribution in [0.3, 0.4) is 0 Å². The van der Waals surface area contributed by atoms with Gasteiger partial charge in [-0.2, -0.15) is 4.98 Å². The number of aromatic nitrogens is 2. The Labute approximate surface area is 179 Å². The standard InChI is InChI=1S/C20H21N3O7S/c1-12-5-7-14(10-15(12)20(24)29-4)31(25,26)21-11-18-22-19(23-30-18)13-6-8-16(27-2)17(9-13)28-3/h5-10,21H,11H2,1-4H3. The van der Waals surface area contributed by atoms with Crippen molar-refractivity contribution in [2.24, 2.45) is 0 Å². The van der Waals surface area contributed by atoms with E-state index < -0.39 is 16.0 Å². The summed E-state index contributed by atoms with van der Waals surface area (Å²) in [5.74, 6) is 0.748. The molecule has 2 aromatic carbocycles. The second kappa shape index (κ2) is 9.14. The van der Waals surface area contributed by atoms with Crippen LogP contribution in [0, 0.1) is 6.92 Å². The molecule has 0 aliphatic heterocycles. The van der Waals surface area contributed by atoms with E-state index in [4.69, 9.17) is 14.0 Å². The number of nitrogens with one attached hydrogen (secondary N) is 1. The van der Waals surface area contributed by atoms with Crippen molar-refractivity contribution in [3.8, 4) is 22.9 Å². The molecular weight excluding hydrogens is 426 g/mol. The summed E-state index contributed by atoms with van der Waals surface area (Å²) in [6, 6.07) is 9.28. The molecule has 0 saturated carbocycles. The zero-order valence-electron chi connectivity index (χ0n) is 17.3. The van der Waals surface area contributed by atoms with Crippen molar-refractivity contribution in [1.29, 1.82) is 0 Å². The van der Waals surface area contributed by atoms with Gasteiger partial charge >= 0.3 is 5.97 Å². The lowest BCUT2D eigenvalue weighted by molar-refractivity contribution is 0.0599. The monoisotopic (exact) mass is 447 g/mol. The van der Waals surface area contributed by atoms with Crippen LogP contribution in [0.2, 0.25) is 0 Å². The molecule has 3 aromatic rings. The molecule has 0 spiro atoms. The Kier molecular flexibility index (Phi) is 6.56. The molecule has 0 aliphatic carbocycles. The van der Waals surface area contributed by atoms with Crippen LogP contribution >= 0.6 is 0 Å². The number of benzene rings is 2. The number of aryl methyl sites for hydroxylation is 1. The van der Waals surface area contributed by atoms with Crippen molar-refractivity contribution in [3.63, 3.8) is 0 Å². The lowest BCUT2D eigenvalue weighted by atomic mass is 10.1. The lowest BCUT2D eigenvalue weighted by Crippen LogP contribution is -2.24. The molecule has 0 saturated heterocycles. The molecule has 1 aromatic heterocycles. The first-order chi connectivity index (χ1) is 14.8. The summed E-state index contributed by atoms with van der Waals surface area (Å²) in [4.78, 5) is 15.9. The molecule has 31 heavy (non-hydrogen) atoms. The first-order valence-electron chi connectivity index (χ1n) is 9.02. The average molecular weight is 447 g/mol. The Balaban J connectivity index is 1.77. The predicted molar refractivity (Wildman–Crippen MR) is 109 cm³/mol. The van der Waals surface area contributed by atoms with Gasteiger partial charge in [0.15, 0.2) is 11.5 Å². The summed E-state index contributed by atoms with van der Waals surface area (Å²) < 4.78 is 47.9. The van der Waals surface area contributed by atoms with Crippen molar-refractivity contribution in [3.05, 3.63) is 53.4 Å². The number of carbonyl (C=O) groups excluding carboxylic acids is 1. The van der Waals surface area contributed by atoms with Crippen LogP contribution in [0.25, 0.3) is 11.4 Å². The van der Waals surface area contributed by atoms with Gasteiger partial charge in [-0.25, -0.2) is 17.9 Å². The molecule has 0 fully saturated rings. The minimum Gasteiger partial charge on any atom is -0.493 e. The largest absolute Gasteiger partial charge is 0.493 e. The topological polar surface area (TPSA) is 130 Å². The van der Waals surface area contributed by atoms with Gasteiger partial charge in [-0.3, -0.25) is 0 Å². The van der Waals surface area contributed by atoms with E-state index in [2.05, 4.69) is 19.6 Å². The molecule has 164 valence electrons. The third-order valence-corrected chi connectivity index (χ3v) is 5.85. The maximum atomic E-state index is 12.6. The van der Waals surface area contributed by atoms with E-state index >= 15 is 0 Å². The maximum absolute atomic E-state index is 12.6. The fourth-order valence-corrected chi connectivity index (χ4v) is 3.76. The van der Waals surface area contributed by atoms with E-state index in [9.17, 15) is 13.2 Å². The van der Waals surface area contributed by atoms with Crippen molar-refractivity contribution in [2.75, 3.05) is 21.3 Å². The molecule has 0 unspecified atom stereocenters. The van der Waals surface area contributed by atoms with Gasteiger partial charge < -0.3 is 18.7 Å². The van der Waals surface area contributed by atoms with Gasteiger partial charge in [-0.05, 0) is 42.8 Å². The Hall–Kier alpha value is -3.44. The second-order valence-electron chi connectivity index (χ2n) is 6.37. The first-order valence-corrected chi connectivity index (χ1v) is 10.5. The lowest BCUT2D eigenvalue weighted by Gasteiger charge is -2.08. The summed E-state index contributed by atoms with van der Waals surface area (Å²) >= 11 is 0. The Morgan fingerprint density at radius 1 is 1.06 bits per heavy atom. The fourth-order valence-electron chi connectivity index (χ4n) is 2.76. The molecular formula is C20H21N3O7S. The number of nitrogens with zero attached hydrogens (tertiary/aromatic N) is 2.